The molecule has 2 aliphatic heterocycles. The molecule has 2 atom stereocenters. The molecule has 0 amide bonds. The van der Waals surface area contributed by atoms with E-state index in [0.29, 0.717) is 6.04 Å². The minimum absolute atomic E-state index is 0.586. The van der Waals surface area contributed by atoms with Gasteiger partial charge in [-0.1, -0.05) is 0 Å². The monoisotopic (exact) mass is 330 g/mol. The van der Waals surface area contributed by atoms with Crippen molar-refractivity contribution in [2.75, 3.05) is 19.6 Å². The van der Waals surface area contributed by atoms with Gasteiger partial charge in [0.05, 0.1) is 6.54 Å². The molecule has 2 fully saturated rings. The highest BCUT2D eigenvalue weighted by Gasteiger charge is 2.34. The molecule has 4 heterocycles. The van der Waals surface area contributed by atoms with Crippen LogP contribution in [0.5, 0.6) is 0 Å². The molecule has 2 aliphatic rings. The number of aromatic nitrogens is 2. The smallest absolute Gasteiger partial charge is 0.195 e. The van der Waals surface area contributed by atoms with Gasteiger partial charge < -0.3 is 4.42 Å². The van der Waals surface area contributed by atoms with Crippen LogP contribution in [0.3, 0.4) is 0 Å². The number of furan rings is 1. The van der Waals surface area contributed by atoms with Crippen LogP contribution in [0.4, 0.5) is 0 Å². The largest absolute Gasteiger partial charge is 0.453 e. The van der Waals surface area contributed by atoms with E-state index in [-0.39, 0.29) is 0 Å². The maximum Gasteiger partial charge on any atom is 0.195 e. The highest BCUT2D eigenvalue weighted by atomic mass is 32.2. The third-order valence-electron chi connectivity index (χ3n) is 4.80. The number of rotatable bonds is 4. The zero-order valence-electron chi connectivity index (χ0n) is 13.4. The summed E-state index contributed by atoms with van der Waals surface area (Å²) in [4.78, 5) is 13.7. The molecule has 0 spiro atoms. The van der Waals surface area contributed by atoms with Gasteiger partial charge in [-0.15, -0.1) is 0 Å². The van der Waals surface area contributed by atoms with Crippen LogP contribution in [-0.4, -0.2) is 51.5 Å². The van der Waals surface area contributed by atoms with E-state index >= 15 is 0 Å². The Hall–Kier alpha value is -1.37. The molecule has 2 aromatic heterocycles. The predicted octanol–water partition coefficient (Wildman–Crippen LogP) is 2.89. The summed E-state index contributed by atoms with van der Waals surface area (Å²) in [7, 11) is 0. The molecule has 2 saturated heterocycles. The molecule has 0 radical (unpaired) electrons. The van der Waals surface area contributed by atoms with Gasteiger partial charge in [0.15, 0.2) is 10.2 Å². The van der Waals surface area contributed by atoms with Gasteiger partial charge in [-0.05, 0) is 56.3 Å². The van der Waals surface area contributed by atoms with Crippen molar-refractivity contribution in [3.05, 3.63) is 36.4 Å². The van der Waals surface area contributed by atoms with Crippen molar-refractivity contribution in [2.24, 2.45) is 0 Å². The highest BCUT2D eigenvalue weighted by Crippen LogP contribution is 2.29. The first-order valence-electron chi connectivity index (χ1n) is 8.29. The predicted molar refractivity (Wildman–Crippen MR) is 89.3 cm³/mol. The Morgan fingerprint density at radius 1 is 1.26 bits per heavy atom. The molecule has 1 unspecified atom stereocenters. The zero-order chi connectivity index (χ0) is 15.6. The maximum atomic E-state index is 5.98. The van der Waals surface area contributed by atoms with Crippen molar-refractivity contribution in [3.8, 4) is 0 Å². The summed E-state index contributed by atoms with van der Waals surface area (Å²) in [5.41, 5.74) is 0. The van der Waals surface area contributed by atoms with Gasteiger partial charge in [-0.3, -0.25) is 9.80 Å². The Morgan fingerprint density at radius 3 is 3.00 bits per heavy atom. The van der Waals surface area contributed by atoms with Crippen LogP contribution in [0.15, 0.2) is 45.3 Å². The molecule has 23 heavy (non-hydrogen) atoms. The fourth-order valence-electron chi connectivity index (χ4n) is 3.59. The standard InChI is InChI=1S/C17H22N4OS/c1-13-10-20-9-2-4-14(20)11-21(13)12-15-5-6-16(22-15)23-17-18-7-3-8-19-17/h3,5-8,13-14H,2,4,9-12H2,1H3/t13-,14?/m0/s1. The van der Waals surface area contributed by atoms with Crippen LogP contribution in [0.25, 0.3) is 0 Å². The summed E-state index contributed by atoms with van der Waals surface area (Å²) in [6, 6.07) is 7.25. The summed E-state index contributed by atoms with van der Waals surface area (Å²) in [5, 5.41) is 1.58. The lowest BCUT2D eigenvalue weighted by Crippen LogP contribution is -2.54. The van der Waals surface area contributed by atoms with E-state index in [0.717, 1.165) is 35.1 Å². The molecule has 2 aromatic rings. The fourth-order valence-corrected chi connectivity index (χ4v) is 4.29. The highest BCUT2D eigenvalue weighted by molar-refractivity contribution is 7.99. The SMILES string of the molecule is C[C@H]1CN2CCCC2CN1Cc1ccc(Sc2ncccn2)o1. The van der Waals surface area contributed by atoms with E-state index in [2.05, 4.69) is 32.8 Å². The first-order valence-corrected chi connectivity index (χ1v) is 9.11. The van der Waals surface area contributed by atoms with E-state index in [1.807, 2.05) is 12.1 Å². The third kappa shape index (κ3) is 3.44. The number of nitrogens with zero attached hydrogens (tertiary/aromatic N) is 4. The second kappa shape index (κ2) is 6.63. The molecule has 0 saturated carbocycles. The molecule has 0 aliphatic carbocycles. The first kappa shape index (κ1) is 15.2. The van der Waals surface area contributed by atoms with Crippen LogP contribution in [-0.2, 0) is 6.54 Å². The Morgan fingerprint density at radius 2 is 2.13 bits per heavy atom. The van der Waals surface area contributed by atoms with Gasteiger partial charge in [-0.2, -0.15) is 0 Å². The molecule has 122 valence electrons. The average Bonchev–Trinajstić information content (AvgIpc) is 3.18. The Kier molecular flexibility index (Phi) is 4.37. The van der Waals surface area contributed by atoms with E-state index in [1.54, 1.807) is 12.4 Å². The maximum absolute atomic E-state index is 5.98. The van der Waals surface area contributed by atoms with Gasteiger partial charge in [0.2, 0.25) is 0 Å². The van der Waals surface area contributed by atoms with Crippen molar-refractivity contribution in [3.63, 3.8) is 0 Å². The molecule has 0 aromatic carbocycles. The zero-order valence-corrected chi connectivity index (χ0v) is 14.2. The molecular formula is C17H22N4OS. The van der Waals surface area contributed by atoms with Crippen LogP contribution in [0, 0.1) is 0 Å². The molecule has 5 nitrogen and oxygen atoms in total. The first-order chi connectivity index (χ1) is 11.3. The van der Waals surface area contributed by atoms with E-state index < -0.39 is 0 Å². The summed E-state index contributed by atoms with van der Waals surface area (Å²) < 4.78 is 5.98. The molecule has 4 rings (SSSR count). The van der Waals surface area contributed by atoms with Crippen molar-refractivity contribution in [1.82, 2.24) is 19.8 Å². The summed E-state index contributed by atoms with van der Waals surface area (Å²) in [6.07, 6.45) is 6.20. The minimum Gasteiger partial charge on any atom is -0.453 e. The molecule has 0 N–H and O–H groups in total. The van der Waals surface area contributed by atoms with E-state index in [4.69, 9.17) is 4.42 Å². The lowest BCUT2D eigenvalue weighted by atomic mass is 10.1. The normalized spacial score (nSPS) is 25.6. The topological polar surface area (TPSA) is 45.4 Å². The van der Waals surface area contributed by atoms with Gasteiger partial charge >= 0.3 is 0 Å². The second-order valence-corrected chi connectivity index (χ2v) is 7.40. The van der Waals surface area contributed by atoms with E-state index in [9.17, 15) is 0 Å². The number of hydrogen-bond donors (Lipinski definition) is 0. The van der Waals surface area contributed by atoms with Crippen LogP contribution >= 0.6 is 11.8 Å². The third-order valence-corrected chi connectivity index (χ3v) is 5.61. The van der Waals surface area contributed by atoms with Crippen LogP contribution < -0.4 is 0 Å². The quantitative estimate of drug-likeness (QED) is 0.803. The second-order valence-electron chi connectivity index (χ2n) is 6.42. The van der Waals surface area contributed by atoms with Gasteiger partial charge in [0.1, 0.15) is 5.76 Å². The summed E-state index contributed by atoms with van der Waals surface area (Å²) >= 11 is 1.47. The lowest BCUT2D eigenvalue weighted by molar-refractivity contribution is 0.0486. The van der Waals surface area contributed by atoms with Gasteiger partial charge in [0, 0.05) is 37.6 Å². The van der Waals surface area contributed by atoms with Gasteiger partial charge in [-0.25, -0.2) is 9.97 Å². The van der Waals surface area contributed by atoms with Crippen molar-refractivity contribution >= 4 is 11.8 Å². The van der Waals surface area contributed by atoms with Gasteiger partial charge in [0.25, 0.3) is 0 Å². The number of hydrogen-bond acceptors (Lipinski definition) is 6. The molecule has 0 bridgehead atoms. The van der Waals surface area contributed by atoms with Crippen molar-refractivity contribution < 1.29 is 4.42 Å². The lowest BCUT2D eigenvalue weighted by Gasteiger charge is -2.41. The molecular weight excluding hydrogens is 308 g/mol. The Labute approximate surface area is 141 Å². The van der Waals surface area contributed by atoms with Crippen molar-refractivity contribution in [1.29, 1.82) is 0 Å². The van der Waals surface area contributed by atoms with E-state index in [1.165, 1.54) is 37.7 Å². The Bertz CT molecular complexity index is 647. The molecule has 6 heteroatoms. The van der Waals surface area contributed by atoms with Crippen LogP contribution in [0.1, 0.15) is 25.5 Å². The summed E-state index contributed by atoms with van der Waals surface area (Å²) in [6.45, 7) is 6.84. The van der Waals surface area contributed by atoms with Crippen molar-refractivity contribution in [2.45, 2.75) is 48.6 Å². The average molecular weight is 330 g/mol. The number of piperazine rings is 1. The number of fused-ring (bicyclic) bond motifs is 1. The fraction of sp³-hybridized carbons (Fsp3) is 0.529. The minimum atomic E-state index is 0.586. The van der Waals surface area contributed by atoms with Crippen LogP contribution in [0.2, 0.25) is 0 Å². The summed E-state index contributed by atoms with van der Waals surface area (Å²) in [5.74, 6) is 1.03. The Balaban J connectivity index is 1.39.